The average Bonchev–Trinajstić information content (AvgIpc) is 2.67. The second-order valence-corrected chi connectivity index (χ2v) is 6.24. The molecule has 2 unspecified atom stereocenters. The van der Waals surface area contributed by atoms with Crippen molar-refractivity contribution < 1.29 is 24.2 Å². The van der Waals surface area contributed by atoms with Crippen LogP contribution < -0.4 is 0 Å². The van der Waals surface area contributed by atoms with Crippen LogP contribution in [0.1, 0.15) is 33.6 Å². The molecule has 0 radical (unpaired) electrons. The van der Waals surface area contributed by atoms with Crippen molar-refractivity contribution in [3.63, 3.8) is 0 Å². The van der Waals surface area contributed by atoms with E-state index in [0.717, 1.165) is 0 Å². The largest absolute Gasteiger partial charge is 0.481 e. The minimum absolute atomic E-state index is 0.173. The Balaban J connectivity index is 2.17. The molecule has 0 aromatic rings. The standard InChI is InChI=1S/C13H21NO5/c1-12(2,3)19-11(17)14-6-5-13(10(15)16)8-18-7-4-9(13)14/h9H,4-8H2,1-3H3,(H,15,16). The van der Waals surface area contributed by atoms with Crippen molar-refractivity contribution >= 4 is 12.1 Å². The van der Waals surface area contributed by atoms with E-state index in [4.69, 9.17) is 9.47 Å². The van der Waals surface area contributed by atoms with Crippen molar-refractivity contribution in [2.75, 3.05) is 19.8 Å². The summed E-state index contributed by atoms with van der Waals surface area (Å²) in [6.07, 6.45) is 0.542. The maximum Gasteiger partial charge on any atom is 0.410 e. The quantitative estimate of drug-likeness (QED) is 0.782. The van der Waals surface area contributed by atoms with Gasteiger partial charge >= 0.3 is 12.1 Å². The van der Waals surface area contributed by atoms with Gasteiger partial charge in [-0.3, -0.25) is 4.79 Å². The highest BCUT2D eigenvalue weighted by Gasteiger charge is 2.56. The summed E-state index contributed by atoms with van der Waals surface area (Å²) in [5, 5.41) is 9.47. The second kappa shape index (κ2) is 4.67. The van der Waals surface area contributed by atoms with Gasteiger partial charge in [-0.25, -0.2) is 4.79 Å². The van der Waals surface area contributed by atoms with Crippen LogP contribution in [-0.2, 0) is 14.3 Å². The van der Waals surface area contributed by atoms with Gasteiger partial charge in [-0.1, -0.05) is 0 Å². The Morgan fingerprint density at radius 3 is 2.68 bits per heavy atom. The van der Waals surface area contributed by atoms with Crippen LogP contribution >= 0.6 is 0 Å². The summed E-state index contributed by atoms with van der Waals surface area (Å²) in [5.41, 5.74) is -1.54. The molecule has 2 atom stereocenters. The van der Waals surface area contributed by atoms with E-state index in [2.05, 4.69) is 0 Å². The summed E-state index contributed by atoms with van der Waals surface area (Å²) >= 11 is 0. The molecule has 2 aliphatic rings. The molecule has 19 heavy (non-hydrogen) atoms. The lowest BCUT2D eigenvalue weighted by molar-refractivity contribution is -0.159. The number of likely N-dealkylation sites (tertiary alicyclic amines) is 1. The molecule has 6 heteroatoms. The van der Waals surface area contributed by atoms with E-state index < -0.39 is 23.1 Å². The number of carbonyl (C=O) groups is 2. The van der Waals surface area contributed by atoms with Crippen molar-refractivity contribution in [1.29, 1.82) is 0 Å². The molecule has 0 aromatic carbocycles. The zero-order valence-electron chi connectivity index (χ0n) is 11.6. The van der Waals surface area contributed by atoms with E-state index in [1.807, 2.05) is 0 Å². The highest BCUT2D eigenvalue weighted by molar-refractivity contribution is 5.79. The Hall–Kier alpha value is -1.30. The molecule has 1 amide bonds. The lowest BCUT2D eigenvalue weighted by Crippen LogP contribution is -2.53. The third-order valence-corrected chi connectivity index (χ3v) is 3.76. The Morgan fingerprint density at radius 2 is 2.11 bits per heavy atom. The molecule has 0 saturated carbocycles. The number of hydrogen-bond acceptors (Lipinski definition) is 4. The fraction of sp³-hybridized carbons (Fsp3) is 0.846. The number of rotatable bonds is 1. The fourth-order valence-electron chi connectivity index (χ4n) is 2.84. The minimum Gasteiger partial charge on any atom is -0.481 e. The predicted molar refractivity (Wildman–Crippen MR) is 66.8 cm³/mol. The lowest BCUT2D eigenvalue weighted by atomic mass is 9.78. The normalized spacial score (nSPS) is 30.9. The van der Waals surface area contributed by atoms with Crippen LogP contribution in [-0.4, -0.2) is 53.5 Å². The Kier molecular flexibility index (Phi) is 3.47. The molecule has 1 N–H and O–H groups in total. The second-order valence-electron chi connectivity index (χ2n) is 6.24. The fourth-order valence-corrected chi connectivity index (χ4v) is 2.84. The van der Waals surface area contributed by atoms with Crippen LogP contribution in [0.25, 0.3) is 0 Å². The summed E-state index contributed by atoms with van der Waals surface area (Å²) in [6, 6.07) is -0.325. The van der Waals surface area contributed by atoms with E-state index >= 15 is 0 Å². The van der Waals surface area contributed by atoms with Crippen LogP contribution in [0.3, 0.4) is 0 Å². The van der Waals surface area contributed by atoms with Crippen molar-refractivity contribution in [3.8, 4) is 0 Å². The number of hydrogen-bond donors (Lipinski definition) is 1. The van der Waals surface area contributed by atoms with E-state index in [1.54, 1.807) is 25.7 Å². The highest BCUT2D eigenvalue weighted by Crippen LogP contribution is 2.42. The van der Waals surface area contributed by atoms with E-state index in [1.165, 1.54) is 0 Å². The Morgan fingerprint density at radius 1 is 1.42 bits per heavy atom. The summed E-state index contributed by atoms with van der Waals surface area (Å²) in [6.45, 7) is 6.47. The van der Waals surface area contributed by atoms with Gasteiger partial charge in [0.15, 0.2) is 0 Å². The molecule has 2 aliphatic heterocycles. The molecule has 2 heterocycles. The topological polar surface area (TPSA) is 76.1 Å². The zero-order valence-corrected chi connectivity index (χ0v) is 11.6. The molecule has 2 rings (SSSR count). The third-order valence-electron chi connectivity index (χ3n) is 3.76. The summed E-state index contributed by atoms with van der Waals surface area (Å²) in [4.78, 5) is 25.3. The van der Waals surface area contributed by atoms with Gasteiger partial charge in [0.1, 0.15) is 11.0 Å². The van der Waals surface area contributed by atoms with E-state index in [-0.39, 0.29) is 12.6 Å². The minimum atomic E-state index is -0.963. The number of nitrogens with zero attached hydrogens (tertiary/aromatic N) is 1. The number of amides is 1. The number of aliphatic carboxylic acids is 1. The van der Waals surface area contributed by atoms with Crippen molar-refractivity contribution in [2.45, 2.75) is 45.3 Å². The first kappa shape index (κ1) is 14.1. The van der Waals surface area contributed by atoms with Crippen LogP contribution in [0.4, 0.5) is 4.79 Å². The number of ether oxygens (including phenoxy) is 2. The Bertz CT molecular complexity index is 389. The smallest absolute Gasteiger partial charge is 0.410 e. The summed E-state index contributed by atoms with van der Waals surface area (Å²) in [5.74, 6) is -0.886. The van der Waals surface area contributed by atoms with Crippen LogP contribution in [0.5, 0.6) is 0 Å². The van der Waals surface area contributed by atoms with Crippen LogP contribution in [0, 0.1) is 5.41 Å². The molecule has 0 spiro atoms. The lowest BCUT2D eigenvalue weighted by Gasteiger charge is -2.38. The number of carbonyl (C=O) groups excluding carboxylic acids is 1. The van der Waals surface area contributed by atoms with Crippen LogP contribution in [0.15, 0.2) is 0 Å². The molecular formula is C13H21NO5. The predicted octanol–water partition coefficient (Wildman–Crippen LogP) is 1.49. The summed E-state index contributed by atoms with van der Waals surface area (Å²) < 4.78 is 10.7. The van der Waals surface area contributed by atoms with Gasteiger partial charge < -0.3 is 19.5 Å². The molecule has 0 aromatic heterocycles. The molecule has 2 saturated heterocycles. The van der Waals surface area contributed by atoms with Crippen molar-refractivity contribution in [2.24, 2.45) is 5.41 Å². The van der Waals surface area contributed by atoms with E-state index in [0.29, 0.717) is 26.0 Å². The number of carboxylic acids is 1. The first-order valence-electron chi connectivity index (χ1n) is 6.57. The summed E-state index contributed by atoms with van der Waals surface area (Å²) in [7, 11) is 0. The zero-order chi connectivity index (χ0) is 14.3. The molecule has 108 valence electrons. The van der Waals surface area contributed by atoms with Gasteiger partial charge in [0.05, 0.1) is 12.6 Å². The molecule has 0 bridgehead atoms. The van der Waals surface area contributed by atoms with Gasteiger partial charge in [-0.05, 0) is 33.6 Å². The van der Waals surface area contributed by atoms with Gasteiger partial charge in [-0.2, -0.15) is 0 Å². The third kappa shape index (κ3) is 2.54. The van der Waals surface area contributed by atoms with Gasteiger partial charge in [-0.15, -0.1) is 0 Å². The maximum absolute atomic E-state index is 12.2. The van der Waals surface area contributed by atoms with Gasteiger partial charge in [0, 0.05) is 13.2 Å². The van der Waals surface area contributed by atoms with Gasteiger partial charge in [0.2, 0.25) is 0 Å². The maximum atomic E-state index is 12.2. The Labute approximate surface area is 112 Å². The van der Waals surface area contributed by atoms with Crippen molar-refractivity contribution in [1.82, 2.24) is 4.90 Å². The van der Waals surface area contributed by atoms with E-state index in [9.17, 15) is 14.7 Å². The highest BCUT2D eigenvalue weighted by atomic mass is 16.6. The van der Waals surface area contributed by atoms with Crippen molar-refractivity contribution in [3.05, 3.63) is 0 Å². The SMILES string of the molecule is CC(C)(C)OC(=O)N1CCC2(C(=O)O)COCCC12. The molecule has 0 aliphatic carbocycles. The van der Waals surface area contributed by atoms with Crippen LogP contribution in [0.2, 0.25) is 0 Å². The number of fused-ring (bicyclic) bond motifs is 1. The number of carboxylic acid groups (broad SMARTS) is 1. The monoisotopic (exact) mass is 271 g/mol. The average molecular weight is 271 g/mol. The molecule has 6 nitrogen and oxygen atoms in total. The first-order chi connectivity index (χ1) is 8.76. The molecule has 2 fully saturated rings. The molecular weight excluding hydrogens is 250 g/mol. The first-order valence-corrected chi connectivity index (χ1v) is 6.57. The van der Waals surface area contributed by atoms with Gasteiger partial charge in [0.25, 0.3) is 0 Å².